The van der Waals surface area contributed by atoms with Crippen LogP contribution in [0, 0.1) is 0 Å². The maximum atomic E-state index is 11.4. The molecule has 0 bridgehead atoms. The van der Waals surface area contributed by atoms with Gasteiger partial charge in [-0.25, -0.2) is 0 Å². The normalized spacial score (nSPS) is 29.3. The van der Waals surface area contributed by atoms with Crippen molar-refractivity contribution >= 4 is 5.91 Å². The van der Waals surface area contributed by atoms with Crippen LogP contribution in [0.1, 0.15) is 19.3 Å². The zero-order chi connectivity index (χ0) is 11.4. The van der Waals surface area contributed by atoms with E-state index in [-0.39, 0.29) is 11.5 Å². The smallest absolute Gasteiger partial charge is 0.234 e. The predicted molar refractivity (Wildman–Crippen MR) is 59.2 cm³/mol. The van der Waals surface area contributed by atoms with Crippen molar-refractivity contribution in [3.63, 3.8) is 0 Å². The van der Waals surface area contributed by atoms with Crippen molar-refractivity contribution in [2.75, 3.05) is 33.4 Å². The predicted octanol–water partition coefficient (Wildman–Crippen LogP) is -0.340. The summed E-state index contributed by atoms with van der Waals surface area (Å²) in [7, 11) is 1.70. The third kappa shape index (κ3) is 3.17. The van der Waals surface area contributed by atoms with E-state index in [9.17, 15) is 4.79 Å². The van der Waals surface area contributed by atoms with Gasteiger partial charge in [-0.15, -0.1) is 0 Å². The van der Waals surface area contributed by atoms with E-state index in [1.54, 1.807) is 7.11 Å². The van der Waals surface area contributed by atoms with Gasteiger partial charge >= 0.3 is 0 Å². The Kier molecular flexibility index (Phi) is 3.78. The molecule has 2 N–H and O–H groups in total. The topological polar surface area (TPSA) is 59.6 Å². The molecule has 2 rings (SSSR count). The monoisotopic (exact) mass is 228 g/mol. The first kappa shape index (κ1) is 11.8. The van der Waals surface area contributed by atoms with Gasteiger partial charge in [0.2, 0.25) is 5.91 Å². The lowest BCUT2D eigenvalue weighted by molar-refractivity contribution is -0.120. The van der Waals surface area contributed by atoms with Crippen molar-refractivity contribution in [2.24, 2.45) is 0 Å². The summed E-state index contributed by atoms with van der Waals surface area (Å²) in [6, 6.07) is 0.431. The first-order valence-electron chi connectivity index (χ1n) is 5.87. The lowest BCUT2D eigenvalue weighted by Gasteiger charge is -2.25. The third-order valence-electron chi connectivity index (χ3n) is 3.18. The molecule has 1 atom stereocenters. The molecule has 2 aliphatic rings. The van der Waals surface area contributed by atoms with Gasteiger partial charge in [0.15, 0.2) is 0 Å². The van der Waals surface area contributed by atoms with Crippen molar-refractivity contribution < 1.29 is 14.3 Å². The van der Waals surface area contributed by atoms with Crippen LogP contribution in [0.5, 0.6) is 0 Å². The fourth-order valence-electron chi connectivity index (χ4n) is 1.87. The minimum absolute atomic E-state index is 0.0765. The molecule has 1 aliphatic carbocycles. The molecule has 1 heterocycles. The van der Waals surface area contributed by atoms with Gasteiger partial charge < -0.3 is 20.1 Å². The second-order valence-electron chi connectivity index (χ2n) is 4.64. The molecule has 1 saturated heterocycles. The van der Waals surface area contributed by atoms with Gasteiger partial charge in [-0.1, -0.05) is 0 Å². The van der Waals surface area contributed by atoms with Crippen molar-refractivity contribution in [1.82, 2.24) is 10.6 Å². The number of hydrogen-bond donors (Lipinski definition) is 2. The summed E-state index contributed by atoms with van der Waals surface area (Å²) in [5.41, 5.74) is -0.236. The summed E-state index contributed by atoms with van der Waals surface area (Å²) in [6.07, 6.45) is 3.14. The van der Waals surface area contributed by atoms with Crippen molar-refractivity contribution in [3.05, 3.63) is 0 Å². The number of carbonyl (C=O) groups is 1. The van der Waals surface area contributed by atoms with E-state index >= 15 is 0 Å². The fraction of sp³-hybridized carbons (Fsp3) is 0.909. The first-order chi connectivity index (χ1) is 7.74. The van der Waals surface area contributed by atoms with Crippen molar-refractivity contribution in [2.45, 2.75) is 30.9 Å². The van der Waals surface area contributed by atoms with E-state index in [4.69, 9.17) is 9.47 Å². The maximum absolute atomic E-state index is 11.4. The van der Waals surface area contributed by atoms with Gasteiger partial charge in [-0.2, -0.15) is 0 Å². The fourth-order valence-corrected chi connectivity index (χ4v) is 1.87. The molecule has 5 nitrogen and oxygen atoms in total. The van der Waals surface area contributed by atoms with Crippen LogP contribution in [-0.4, -0.2) is 51.0 Å². The number of methoxy groups -OCH3 is 1. The number of carbonyl (C=O) groups excluding carboxylic acids is 1. The Balaban J connectivity index is 1.63. The lowest BCUT2D eigenvalue weighted by Crippen LogP contribution is -2.46. The molecule has 0 aromatic carbocycles. The lowest BCUT2D eigenvalue weighted by atomic mass is 10.0. The second kappa shape index (κ2) is 5.12. The van der Waals surface area contributed by atoms with Gasteiger partial charge in [-0.05, 0) is 12.8 Å². The molecular weight excluding hydrogens is 208 g/mol. The number of amides is 1. The first-order valence-corrected chi connectivity index (χ1v) is 5.87. The Bertz CT molecular complexity index is 248. The second-order valence-corrected chi connectivity index (χ2v) is 4.64. The molecule has 1 amide bonds. The van der Waals surface area contributed by atoms with Gasteiger partial charge in [0.1, 0.15) is 5.60 Å². The van der Waals surface area contributed by atoms with E-state index in [1.165, 1.54) is 0 Å². The van der Waals surface area contributed by atoms with Crippen LogP contribution < -0.4 is 10.6 Å². The quantitative estimate of drug-likeness (QED) is 0.653. The van der Waals surface area contributed by atoms with Crippen molar-refractivity contribution in [3.8, 4) is 0 Å². The molecule has 0 aromatic rings. The number of rotatable bonds is 6. The Morgan fingerprint density at radius 1 is 1.56 bits per heavy atom. The van der Waals surface area contributed by atoms with Gasteiger partial charge in [0.25, 0.3) is 0 Å². The third-order valence-corrected chi connectivity index (χ3v) is 3.18. The summed E-state index contributed by atoms with van der Waals surface area (Å²) in [6.45, 7) is 2.38. The molecule has 2 fully saturated rings. The van der Waals surface area contributed by atoms with Crippen LogP contribution in [0.3, 0.4) is 0 Å². The standard InChI is InChI=1S/C11H20N2O3/c1-15-11(4-5-16-8-11)7-12-6-10(14)13-9-2-3-9/h9,12H,2-8H2,1H3,(H,13,14). The minimum atomic E-state index is -0.236. The average Bonchev–Trinajstić information content (AvgIpc) is 2.96. The van der Waals surface area contributed by atoms with Crippen LogP contribution in [-0.2, 0) is 14.3 Å². The maximum Gasteiger partial charge on any atom is 0.234 e. The Hall–Kier alpha value is -0.650. The van der Waals surface area contributed by atoms with Crippen LogP contribution in [0.4, 0.5) is 0 Å². The van der Waals surface area contributed by atoms with Crippen molar-refractivity contribution in [1.29, 1.82) is 0 Å². The molecule has 1 aliphatic heterocycles. The van der Waals surface area contributed by atoms with Crippen LogP contribution in [0.25, 0.3) is 0 Å². The highest BCUT2D eigenvalue weighted by Crippen LogP contribution is 2.21. The molecule has 1 saturated carbocycles. The summed E-state index contributed by atoms with van der Waals surface area (Å²) in [5.74, 6) is 0.0765. The van der Waals surface area contributed by atoms with Crippen LogP contribution in [0.2, 0.25) is 0 Å². The molecule has 0 radical (unpaired) electrons. The Morgan fingerprint density at radius 3 is 2.94 bits per heavy atom. The zero-order valence-electron chi connectivity index (χ0n) is 9.75. The van der Waals surface area contributed by atoms with Crippen LogP contribution in [0.15, 0.2) is 0 Å². The summed E-state index contributed by atoms with van der Waals surface area (Å²) < 4.78 is 10.8. The Morgan fingerprint density at radius 2 is 2.38 bits per heavy atom. The van der Waals surface area contributed by atoms with Gasteiger partial charge in [-0.3, -0.25) is 4.79 Å². The molecule has 0 spiro atoms. The van der Waals surface area contributed by atoms with E-state index in [0.717, 1.165) is 25.9 Å². The highest BCUT2D eigenvalue weighted by Gasteiger charge is 2.34. The molecule has 1 unspecified atom stereocenters. The summed E-state index contributed by atoms with van der Waals surface area (Å²) >= 11 is 0. The number of nitrogens with one attached hydrogen (secondary N) is 2. The van der Waals surface area contributed by atoms with Gasteiger partial charge in [0, 0.05) is 32.7 Å². The molecule has 5 heteroatoms. The number of hydrogen-bond acceptors (Lipinski definition) is 4. The van der Waals surface area contributed by atoms with E-state index in [1.807, 2.05) is 0 Å². The summed E-state index contributed by atoms with van der Waals surface area (Å²) in [4.78, 5) is 11.4. The SMILES string of the molecule is COC1(CNCC(=O)NC2CC2)CCOC1. The zero-order valence-corrected chi connectivity index (χ0v) is 9.75. The number of ether oxygens (including phenoxy) is 2. The average molecular weight is 228 g/mol. The van der Waals surface area contributed by atoms with Crippen LogP contribution >= 0.6 is 0 Å². The molecule has 92 valence electrons. The highest BCUT2D eigenvalue weighted by molar-refractivity contribution is 5.78. The van der Waals surface area contributed by atoms with E-state index in [2.05, 4.69) is 10.6 Å². The minimum Gasteiger partial charge on any atom is -0.378 e. The van der Waals surface area contributed by atoms with E-state index in [0.29, 0.717) is 25.7 Å². The highest BCUT2D eigenvalue weighted by atomic mass is 16.5. The van der Waals surface area contributed by atoms with Gasteiger partial charge in [0.05, 0.1) is 13.2 Å². The molecule has 0 aromatic heterocycles. The molecule has 16 heavy (non-hydrogen) atoms. The molecular formula is C11H20N2O3. The Labute approximate surface area is 95.9 Å². The van der Waals surface area contributed by atoms with E-state index < -0.39 is 0 Å². The largest absolute Gasteiger partial charge is 0.378 e. The summed E-state index contributed by atoms with van der Waals surface area (Å²) in [5, 5.41) is 6.07.